The number of hydrogen-bond acceptors (Lipinski definition) is 1. The molecule has 0 aliphatic rings. The van der Waals surface area contributed by atoms with Gasteiger partial charge in [0.15, 0.2) is 0 Å². The minimum atomic E-state index is 0.943. The van der Waals surface area contributed by atoms with Gasteiger partial charge in [-0.3, -0.25) is 4.99 Å². The second kappa shape index (κ2) is 7.61. The Labute approximate surface area is 170 Å². The van der Waals surface area contributed by atoms with Crippen molar-refractivity contribution in [2.45, 2.75) is 0 Å². The number of rotatable bonds is 4. The molecule has 0 atom stereocenters. The van der Waals surface area contributed by atoms with E-state index in [9.17, 15) is 0 Å². The Bertz CT molecular complexity index is 1270. The molecule has 1 aromatic heterocycles. The van der Waals surface area contributed by atoms with Crippen molar-refractivity contribution < 1.29 is 0 Å². The molecule has 4 aromatic carbocycles. The van der Waals surface area contributed by atoms with Crippen molar-refractivity contribution in [3.63, 3.8) is 0 Å². The molecule has 0 radical (unpaired) electrons. The van der Waals surface area contributed by atoms with E-state index in [1.54, 1.807) is 0 Å². The minimum Gasteiger partial charge on any atom is -0.307 e. The van der Waals surface area contributed by atoms with Crippen molar-refractivity contribution in [3.05, 3.63) is 121 Å². The monoisotopic (exact) mass is 372 g/mol. The molecule has 0 saturated heterocycles. The highest BCUT2D eigenvalue weighted by molar-refractivity contribution is 6.08. The topological polar surface area (TPSA) is 17.3 Å². The van der Waals surface area contributed by atoms with Gasteiger partial charge in [-0.05, 0) is 29.8 Å². The molecule has 0 spiro atoms. The van der Waals surface area contributed by atoms with Crippen molar-refractivity contribution in [2.75, 3.05) is 0 Å². The summed E-state index contributed by atoms with van der Waals surface area (Å²) in [4.78, 5) is 4.77. The predicted molar refractivity (Wildman–Crippen MR) is 122 cm³/mol. The molecule has 0 bridgehead atoms. The summed E-state index contributed by atoms with van der Waals surface area (Å²) in [6.45, 7) is 0. The van der Waals surface area contributed by atoms with E-state index >= 15 is 0 Å². The third-order valence-corrected chi connectivity index (χ3v) is 5.08. The second-order valence-electron chi connectivity index (χ2n) is 6.91. The Hall–Kier alpha value is -3.91. The second-order valence-corrected chi connectivity index (χ2v) is 6.91. The first-order valence-electron chi connectivity index (χ1n) is 9.75. The van der Waals surface area contributed by atoms with E-state index in [-0.39, 0.29) is 0 Å². The lowest BCUT2D eigenvalue weighted by molar-refractivity contribution is 1.08. The summed E-state index contributed by atoms with van der Waals surface area (Å²) < 4.78 is 2.31. The lowest BCUT2D eigenvalue weighted by Crippen LogP contribution is -2.01. The van der Waals surface area contributed by atoms with Gasteiger partial charge in [-0.2, -0.15) is 0 Å². The SMILES string of the molecule is C(=Nc1ccccc1)c1c2ccccc2c(-c2ccccc2)n1-c1ccccc1. The third kappa shape index (κ3) is 3.26. The maximum absolute atomic E-state index is 4.77. The van der Waals surface area contributed by atoms with Gasteiger partial charge < -0.3 is 4.57 Å². The molecular weight excluding hydrogens is 352 g/mol. The number of aliphatic imine (C=N–C) groups is 1. The fraction of sp³-hybridized carbons (Fsp3) is 0. The Balaban J connectivity index is 1.83. The summed E-state index contributed by atoms with van der Waals surface area (Å²) in [5.41, 5.74) is 5.51. The zero-order valence-electron chi connectivity index (χ0n) is 15.9. The lowest BCUT2D eigenvalue weighted by atomic mass is 10.1. The van der Waals surface area contributed by atoms with Crippen LogP contribution in [0, 0.1) is 0 Å². The Morgan fingerprint density at radius 1 is 0.552 bits per heavy atom. The summed E-state index contributed by atoms with van der Waals surface area (Å²) in [7, 11) is 0. The lowest BCUT2D eigenvalue weighted by Gasteiger charge is -2.12. The summed E-state index contributed by atoms with van der Waals surface area (Å²) in [6.07, 6.45) is 1.98. The van der Waals surface area contributed by atoms with Gasteiger partial charge in [0.2, 0.25) is 0 Å². The molecule has 29 heavy (non-hydrogen) atoms. The van der Waals surface area contributed by atoms with Crippen LogP contribution in [0.5, 0.6) is 0 Å². The highest BCUT2D eigenvalue weighted by atomic mass is 15.0. The van der Waals surface area contributed by atoms with E-state index in [1.165, 1.54) is 22.0 Å². The van der Waals surface area contributed by atoms with Crippen molar-refractivity contribution in [1.29, 1.82) is 0 Å². The number of para-hydroxylation sites is 2. The first-order valence-corrected chi connectivity index (χ1v) is 9.75. The molecule has 0 fully saturated rings. The molecule has 0 saturated carbocycles. The average molecular weight is 372 g/mol. The van der Waals surface area contributed by atoms with Crippen molar-refractivity contribution in [2.24, 2.45) is 4.99 Å². The van der Waals surface area contributed by atoms with Gasteiger partial charge in [0.25, 0.3) is 0 Å². The van der Waals surface area contributed by atoms with Crippen LogP contribution in [-0.4, -0.2) is 10.8 Å². The van der Waals surface area contributed by atoms with E-state index in [0.717, 1.165) is 17.1 Å². The first kappa shape index (κ1) is 17.2. The van der Waals surface area contributed by atoms with Crippen LogP contribution in [-0.2, 0) is 0 Å². The van der Waals surface area contributed by atoms with Gasteiger partial charge in [-0.1, -0.05) is 91.0 Å². The number of aromatic nitrogens is 1. The van der Waals surface area contributed by atoms with Crippen LogP contribution in [0.1, 0.15) is 5.69 Å². The zero-order valence-corrected chi connectivity index (χ0v) is 15.9. The Morgan fingerprint density at radius 3 is 1.79 bits per heavy atom. The van der Waals surface area contributed by atoms with Crippen LogP contribution in [0.15, 0.2) is 120 Å². The summed E-state index contributed by atoms with van der Waals surface area (Å²) in [5, 5.41) is 2.41. The Kier molecular flexibility index (Phi) is 4.51. The number of nitrogens with zero attached hydrogens (tertiary/aromatic N) is 2. The van der Waals surface area contributed by atoms with Gasteiger partial charge in [0.05, 0.1) is 23.3 Å². The molecule has 0 unspecified atom stereocenters. The minimum absolute atomic E-state index is 0.943. The van der Waals surface area contributed by atoms with E-state index in [2.05, 4.69) is 83.4 Å². The molecule has 2 heteroatoms. The quantitative estimate of drug-likeness (QED) is 0.301. The molecule has 5 aromatic rings. The first-order chi connectivity index (χ1) is 14.4. The normalized spacial score (nSPS) is 11.3. The van der Waals surface area contributed by atoms with Gasteiger partial charge in [0.1, 0.15) is 0 Å². The Morgan fingerprint density at radius 2 is 1.10 bits per heavy atom. The van der Waals surface area contributed by atoms with Crippen molar-refractivity contribution in [3.8, 4) is 16.9 Å². The average Bonchev–Trinajstić information content (AvgIpc) is 3.14. The highest BCUT2D eigenvalue weighted by Crippen LogP contribution is 2.36. The molecule has 138 valence electrons. The molecule has 0 aliphatic carbocycles. The van der Waals surface area contributed by atoms with Crippen molar-refractivity contribution in [1.82, 2.24) is 4.57 Å². The number of fused-ring (bicyclic) bond motifs is 1. The fourth-order valence-corrected chi connectivity index (χ4v) is 3.78. The molecule has 2 nitrogen and oxygen atoms in total. The smallest absolute Gasteiger partial charge is 0.0724 e. The molecule has 5 rings (SSSR count). The van der Waals surface area contributed by atoms with Gasteiger partial charge in [-0.15, -0.1) is 0 Å². The largest absolute Gasteiger partial charge is 0.307 e. The van der Waals surface area contributed by atoms with Crippen LogP contribution >= 0.6 is 0 Å². The van der Waals surface area contributed by atoms with Crippen molar-refractivity contribution >= 4 is 22.7 Å². The maximum atomic E-state index is 4.77. The van der Waals surface area contributed by atoms with Crippen LogP contribution in [0.3, 0.4) is 0 Å². The molecule has 0 N–H and O–H groups in total. The fourth-order valence-electron chi connectivity index (χ4n) is 3.78. The standard InChI is InChI=1S/C27H20N2/c1-4-12-21(13-5-1)27-25-19-11-10-18-24(25)26(20-28-22-14-6-2-7-15-22)29(27)23-16-8-3-9-17-23/h1-20H. The van der Waals surface area contributed by atoms with Crippen LogP contribution in [0.4, 0.5) is 5.69 Å². The third-order valence-electron chi connectivity index (χ3n) is 5.08. The molecule has 0 amide bonds. The van der Waals surface area contributed by atoms with Crippen LogP contribution in [0.25, 0.3) is 27.7 Å². The van der Waals surface area contributed by atoms with Gasteiger partial charge >= 0.3 is 0 Å². The van der Waals surface area contributed by atoms with Crippen LogP contribution < -0.4 is 0 Å². The molecule has 0 aliphatic heterocycles. The number of benzene rings is 4. The maximum Gasteiger partial charge on any atom is 0.0724 e. The highest BCUT2D eigenvalue weighted by Gasteiger charge is 2.18. The summed E-state index contributed by atoms with van der Waals surface area (Å²) in [6, 6.07) is 39.7. The zero-order chi connectivity index (χ0) is 19.5. The van der Waals surface area contributed by atoms with Crippen LogP contribution in [0.2, 0.25) is 0 Å². The summed E-state index contributed by atoms with van der Waals surface area (Å²) >= 11 is 0. The van der Waals surface area contributed by atoms with E-state index in [1.807, 2.05) is 42.6 Å². The molecular formula is C27H20N2. The molecule has 1 heterocycles. The van der Waals surface area contributed by atoms with E-state index < -0.39 is 0 Å². The van der Waals surface area contributed by atoms with Gasteiger partial charge in [-0.25, -0.2) is 0 Å². The van der Waals surface area contributed by atoms with Gasteiger partial charge in [0, 0.05) is 16.5 Å². The van der Waals surface area contributed by atoms with E-state index in [0.29, 0.717) is 0 Å². The predicted octanol–water partition coefficient (Wildman–Crippen LogP) is 7.05. The number of hydrogen-bond donors (Lipinski definition) is 0. The van der Waals surface area contributed by atoms with E-state index in [4.69, 9.17) is 4.99 Å². The summed E-state index contributed by atoms with van der Waals surface area (Å²) in [5.74, 6) is 0.